The summed E-state index contributed by atoms with van der Waals surface area (Å²) in [5.41, 5.74) is 10.0. The van der Waals surface area contributed by atoms with E-state index in [0.29, 0.717) is 15.7 Å². The third kappa shape index (κ3) is 4.92. The quantitative estimate of drug-likeness (QED) is 0.565. The lowest BCUT2D eigenvalue weighted by Crippen LogP contribution is -2.22. The fraction of sp³-hybridized carbons (Fsp3) is 0.250. The third-order valence-corrected chi connectivity index (χ3v) is 4.93. The molecule has 0 aliphatic heterocycles. The molecule has 0 saturated carbocycles. The number of hydrogen-bond acceptors (Lipinski definition) is 7. The van der Waals surface area contributed by atoms with Crippen LogP contribution < -0.4 is 11.1 Å². The molecule has 8 heteroatoms. The standard InChI is InChI=1S/C20H23N5O2S/c1-25(2)11-13-3-8-17(16(9-13)12-26)14-4-6-15(7-5-14)19(27)22-10-18-23-24-20(21)28-18/h3-9,26H,10-12H2,1-2H3,(H2,21,24)(H,22,27). The van der Waals surface area contributed by atoms with E-state index >= 15 is 0 Å². The Hall–Kier alpha value is -2.81. The molecule has 0 radical (unpaired) electrons. The molecule has 0 atom stereocenters. The molecule has 4 N–H and O–H groups in total. The van der Waals surface area contributed by atoms with Gasteiger partial charge in [-0.05, 0) is 48.5 Å². The van der Waals surface area contributed by atoms with Gasteiger partial charge in [-0.15, -0.1) is 10.2 Å². The zero-order chi connectivity index (χ0) is 20.1. The van der Waals surface area contributed by atoms with Gasteiger partial charge in [0.25, 0.3) is 5.91 Å². The van der Waals surface area contributed by atoms with Crippen LogP contribution in [0.15, 0.2) is 42.5 Å². The Morgan fingerprint density at radius 1 is 1.18 bits per heavy atom. The van der Waals surface area contributed by atoms with Crippen LogP contribution in [0.1, 0.15) is 26.5 Å². The molecule has 3 rings (SSSR count). The monoisotopic (exact) mass is 397 g/mol. The summed E-state index contributed by atoms with van der Waals surface area (Å²) in [6.45, 7) is 1.06. The van der Waals surface area contributed by atoms with Crippen LogP contribution in [-0.2, 0) is 19.7 Å². The van der Waals surface area contributed by atoms with Gasteiger partial charge in [0, 0.05) is 12.1 Å². The van der Waals surface area contributed by atoms with E-state index < -0.39 is 0 Å². The number of nitrogens with one attached hydrogen (secondary N) is 1. The van der Waals surface area contributed by atoms with Gasteiger partial charge in [0.15, 0.2) is 0 Å². The highest BCUT2D eigenvalue weighted by molar-refractivity contribution is 7.15. The molecule has 28 heavy (non-hydrogen) atoms. The van der Waals surface area contributed by atoms with Crippen LogP contribution >= 0.6 is 11.3 Å². The number of nitrogen functional groups attached to an aromatic ring is 1. The van der Waals surface area contributed by atoms with Gasteiger partial charge in [0.05, 0.1) is 13.2 Å². The number of benzene rings is 2. The lowest BCUT2D eigenvalue weighted by molar-refractivity contribution is 0.0951. The van der Waals surface area contributed by atoms with E-state index in [2.05, 4.69) is 26.5 Å². The van der Waals surface area contributed by atoms with E-state index in [1.165, 1.54) is 11.3 Å². The SMILES string of the molecule is CN(C)Cc1ccc(-c2ccc(C(=O)NCc3nnc(N)s3)cc2)c(CO)c1. The van der Waals surface area contributed by atoms with Gasteiger partial charge in [0.2, 0.25) is 5.13 Å². The molecule has 0 fully saturated rings. The van der Waals surface area contributed by atoms with Crippen LogP contribution in [0.3, 0.4) is 0 Å². The number of rotatable bonds is 7. The van der Waals surface area contributed by atoms with Gasteiger partial charge >= 0.3 is 0 Å². The van der Waals surface area contributed by atoms with Gasteiger partial charge in [-0.3, -0.25) is 4.79 Å². The minimum Gasteiger partial charge on any atom is -0.392 e. The summed E-state index contributed by atoms with van der Waals surface area (Å²) in [6.07, 6.45) is 0. The molecule has 0 aliphatic carbocycles. The fourth-order valence-corrected chi connectivity index (χ4v) is 3.47. The van der Waals surface area contributed by atoms with Crippen molar-refractivity contribution < 1.29 is 9.90 Å². The van der Waals surface area contributed by atoms with Crippen molar-refractivity contribution in [2.75, 3.05) is 19.8 Å². The number of aliphatic hydroxyl groups excluding tert-OH is 1. The molecule has 0 aliphatic rings. The van der Waals surface area contributed by atoms with Gasteiger partial charge in [0.1, 0.15) is 5.01 Å². The first kappa shape index (κ1) is 19.9. The van der Waals surface area contributed by atoms with Crippen LogP contribution in [-0.4, -0.2) is 40.2 Å². The lowest BCUT2D eigenvalue weighted by Gasteiger charge is -2.14. The maximum atomic E-state index is 12.3. The Labute approximate surface area is 167 Å². The topological polar surface area (TPSA) is 104 Å². The highest BCUT2D eigenvalue weighted by Crippen LogP contribution is 2.26. The predicted octanol–water partition coefficient (Wildman–Crippen LogP) is 2.27. The fourth-order valence-electron chi connectivity index (χ4n) is 2.92. The number of hydrogen-bond donors (Lipinski definition) is 3. The average Bonchev–Trinajstić information content (AvgIpc) is 3.11. The first-order valence-corrected chi connectivity index (χ1v) is 9.62. The van der Waals surface area contributed by atoms with Crippen molar-refractivity contribution >= 4 is 22.4 Å². The summed E-state index contributed by atoms with van der Waals surface area (Å²) in [6, 6.07) is 13.4. The van der Waals surface area contributed by atoms with Crippen LogP contribution in [0.5, 0.6) is 0 Å². The summed E-state index contributed by atoms with van der Waals surface area (Å²) in [4.78, 5) is 14.4. The van der Waals surface area contributed by atoms with Crippen molar-refractivity contribution in [3.05, 3.63) is 64.2 Å². The zero-order valence-electron chi connectivity index (χ0n) is 15.8. The Kier molecular flexibility index (Phi) is 6.35. The van der Waals surface area contributed by atoms with E-state index in [4.69, 9.17) is 5.73 Å². The maximum absolute atomic E-state index is 12.3. The molecule has 0 bridgehead atoms. The van der Waals surface area contributed by atoms with Crippen LogP contribution in [0.2, 0.25) is 0 Å². The van der Waals surface area contributed by atoms with Crippen LogP contribution in [0, 0.1) is 0 Å². The molecule has 146 valence electrons. The highest BCUT2D eigenvalue weighted by Gasteiger charge is 2.10. The summed E-state index contributed by atoms with van der Waals surface area (Å²) in [5.74, 6) is -0.191. The summed E-state index contributed by atoms with van der Waals surface area (Å²) >= 11 is 1.25. The molecule has 0 saturated heterocycles. The molecule has 0 unspecified atom stereocenters. The summed E-state index contributed by atoms with van der Waals surface area (Å²) in [7, 11) is 4.02. The second kappa shape index (κ2) is 8.92. The van der Waals surface area contributed by atoms with E-state index in [-0.39, 0.29) is 19.1 Å². The minimum atomic E-state index is -0.191. The second-order valence-electron chi connectivity index (χ2n) is 6.68. The smallest absolute Gasteiger partial charge is 0.251 e. The molecule has 1 heterocycles. The Balaban J connectivity index is 1.72. The van der Waals surface area contributed by atoms with Crippen LogP contribution in [0.4, 0.5) is 5.13 Å². The number of carbonyl (C=O) groups excluding carboxylic acids is 1. The molecule has 0 spiro atoms. The van der Waals surface area contributed by atoms with Gasteiger partial charge in [-0.2, -0.15) is 0 Å². The van der Waals surface area contributed by atoms with Gasteiger partial charge in [-0.25, -0.2) is 0 Å². The predicted molar refractivity (Wildman–Crippen MR) is 111 cm³/mol. The number of carbonyl (C=O) groups is 1. The summed E-state index contributed by atoms with van der Waals surface area (Å²) in [5, 5.41) is 21.2. The van der Waals surface area contributed by atoms with Crippen molar-refractivity contribution in [2.45, 2.75) is 19.7 Å². The lowest BCUT2D eigenvalue weighted by atomic mass is 9.97. The van der Waals surface area contributed by atoms with E-state index in [1.54, 1.807) is 12.1 Å². The normalized spacial score (nSPS) is 11.0. The first-order valence-electron chi connectivity index (χ1n) is 8.80. The number of aromatic nitrogens is 2. The number of nitrogens with zero attached hydrogens (tertiary/aromatic N) is 3. The zero-order valence-corrected chi connectivity index (χ0v) is 16.7. The molecule has 1 amide bonds. The highest BCUT2D eigenvalue weighted by atomic mass is 32.1. The number of nitrogens with two attached hydrogens (primary N) is 1. The van der Waals surface area contributed by atoms with E-state index in [0.717, 1.165) is 28.8 Å². The molecule has 1 aromatic heterocycles. The Morgan fingerprint density at radius 3 is 2.54 bits per heavy atom. The maximum Gasteiger partial charge on any atom is 0.251 e. The van der Waals surface area contributed by atoms with Crippen molar-refractivity contribution in [2.24, 2.45) is 0 Å². The van der Waals surface area contributed by atoms with Crippen molar-refractivity contribution in [1.82, 2.24) is 20.4 Å². The van der Waals surface area contributed by atoms with E-state index in [9.17, 15) is 9.90 Å². The molecular weight excluding hydrogens is 374 g/mol. The number of anilines is 1. The van der Waals surface area contributed by atoms with Crippen molar-refractivity contribution in [1.29, 1.82) is 0 Å². The summed E-state index contributed by atoms with van der Waals surface area (Å²) < 4.78 is 0. The average molecular weight is 398 g/mol. The van der Waals surface area contributed by atoms with Crippen molar-refractivity contribution in [3.8, 4) is 11.1 Å². The second-order valence-corrected chi connectivity index (χ2v) is 7.78. The Morgan fingerprint density at radius 2 is 1.93 bits per heavy atom. The largest absolute Gasteiger partial charge is 0.392 e. The number of amides is 1. The minimum absolute atomic E-state index is 0.0379. The molecule has 7 nitrogen and oxygen atoms in total. The van der Waals surface area contributed by atoms with Crippen LogP contribution in [0.25, 0.3) is 11.1 Å². The first-order chi connectivity index (χ1) is 13.5. The van der Waals surface area contributed by atoms with E-state index in [1.807, 2.05) is 38.4 Å². The molecule has 2 aromatic carbocycles. The van der Waals surface area contributed by atoms with Crippen molar-refractivity contribution in [3.63, 3.8) is 0 Å². The molecular formula is C20H23N5O2S. The molecule has 3 aromatic rings. The van der Waals surface area contributed by atoms with Gasteiger partial charge < -0.3 is 21.1 Å². The number of aliphatic hydroxyl groups is 1. The Bertz CT molecular complexity index is 953. The third-order valence-electron chi connectivity index (χ3n) is 4.18. The van der Waals surface area contributed by atoms with Gasteiger partial charge in [-0.1, -0.05) is 41.7 Å².